The van der Waals surface area contributed by atoms with Gasteiger partial charge in [0.25, 0.3) is 0 Å². The molecule has 2 atom stereocenters. The van der Waals surface area contributed by atoms with Gasteiger partial charge < -0.3 is 4.55 Å². The molecule has 33 heavy (non-hydrogen) atoms. The average Bonchev–Trinajstić information content (AvgIpc) is 2.80. The Balaban J connectivity index is 2.18. The number of rotatable bonds is 10. The maximum atomic E-state index is 12.0. The molecular formula is C30H39NOS. The van der Waals surface area contributed by atoms with Crippen LogP contribution in [-0.4, -0.2) is 29.8 Å². The smallest absolute Gasteiger partial charge is 0.116 e. The van der Waals surface area contributed by atoms with Crippen molar-refractivity contribution in [3.63, 3.8) is 0 Å². The Morgan fingerprint density at radius 2 is 1.64 bits per heavy atom. The Morgan fingerprint density at radius 1 is 0.970 bits per heavy atom. The summed E-state index contributed by atoms with van der Waals surface area (Å²) in [6, 6.07) is 17.7. The minimum Gasteiger partial charge on any atom is -0.617 e. The zero-order chi connectivity index (χ0) is 24.4. The summed E-state index contributed by atoms with van der Waals surface area (Å²) in [6.07, 6.45) is 9.90. The quantitative estimate of drug-likeness (QED) is 0.207. The second kappa shape index (κ2) is 13.4. The molecule has 0 aliphatic carbocycles. The second-order valence-corrected chi connectivity index (χ2v) is 10.2. The van der Waals surface area contributed by atoms with Gasteiger partial charge in [0.2, 0.25) is 0 Å². The third-order valence-electron chi connectivity index (χ3n) is 6.04. The van der Waals surface area contributed by atoms with Crippen molar-refractivity contribution < 1.29 is 4.55 Å². The topological polar surface area (TPSA) is 35.4 Å². The minimum absolute atomic E-state index is 0.104. The summed E-state index contributed by atoms with van der Waals surface area (Å²) in [7, 11) is 1.78. The Labute approximate surface area is 204 Å². The van der Waals surface area contributed by atoms with Crippen molar-refractivity contribution in [1.82, 2.24) is 0 Å². The Bertz CT molecular complexity index is 1020. The number of allylic oxidation sites excluding steroid dienone is 6. The molecule has 0 aromatic heterocycles. The van der Waals surface area contributed by atoms with E-state index in [0.29, 0.717) is 5.75 Å². The van der Waals surface area contributed by atoms with Crippen LogP contribution in [0.25, 0.3) is 5.57 Å². The fraction of sp³-hybridized carbons (Fsp3) is 0.367. The van der Waals surface area contributed by atoms with Gasteiger partial charge in [-0.1, -0.05) is 77.4 Å². The van der Waals surface area contributed by atoms with Gasteiger partial charge >= 0.3 is 0 Å². The molecule has 0 radical (unpaired) electrons. The van der Waals surface area contributed by atoms with Crippen molar-refractivity contribution >= 4 is 23.0 Å². The van der Waals surface area contributed by atoms with Crippen molar-refractivity contribution in [2.75, 3.05) is 19.1 Å². The van der Waals surface area contributed by atoms with Crippen LogP contribution in [0.4, 0.5) is 0 Å². The summed E-state index contributed by atoms with van der Waals surface area (Å²) in [5, 5.41) is 0. The lowest BCUT2D eigenvalue weighted by Crippen LogP contribution is -2.16. The van der Waals surface area contributed by atoms with Crippen LogP contribution in [0, 0.1) is 0 Å². The van der Waals surface area contributed by atoms with Crippen LogP contribution < -0.4 is 0 Å². The maximum Gasteiger partial charge on any atom is 0.116 e. The van der Waals surface area contributed by atoms with E-state index in [2.05, 4.69) is 93.4 Å². The molecule has 2 nitrogen and oxygen atoms in total. The Morgan fingerprint density at radius 3 is 2.18 bits per heavy atom. The highest BCUT2D eigenvalue weighted by molar-refractivity contribution is 7.90. The van der Waals surface area contributed by atoms with Gasteiger partial charge in [-0.05, 0) is 86.4 Å². The zero-order valence-electron chi connectivity index (χ0n) is 21.3. The number of benzene rings is 2. The molecule has 3 heteroatoms. The van der Waals surface area contributed by atoms with E-state index >= 15 is 0 Å². The van der Waals surface area contributed by atoms with Crippen LogP contribution in [0.2, 0.25) is 0 Å². The van der Waals surface area contributed by atoms with Gasteiger partial charge in [-0.25, -0.2) is 0 Å². The van der Waals surface area contributed by atoms with Gasteiger partial charge in [-0.2, -0.15) is 0 Å². The summed E-state index contributed by atoms with van der Waals surface area (Å²) in [5.74, 6) is 0.712. The molecule has 2 aromatic rings. The standard InChI is InChI=1S/C30H39NOS/c1-8-23(5)30(22(3)4)28-12-10-11-25(19-28)14-13-24-15-17-27(18-16-24)29(21-33(7)32)26(9-2)20-31-6/h8-12,15-20,29H,13-14,21H2,1-7H3/b23-8-,26-9+,31-20-. The van der Waals surface area contributed by atoms with Gasteiger partial charge in [-0.15, -0.1) is 0 Å². The Kier molecular flexibility index (Phi) is 10.9. The van der Waals surface area contributed by atoms with Crippen molar-refractivity contribution in [3.8, 4) is 0 Å². The van der Waals surface area contributed by atoms with Crippen molar-refractivity contribution in [1.29, 1.82) is 0 Å². The third kappa shape index (κ3) is 7.87. The molecule has 0 fully saturated rings. The summed E-state index contributed by atoms with van der Waals surface area (Å²) >= 11 is -0.880. The van der Waals surface area contributed by atoms with Crippen molar-refractivity contribution in [2.24, 2.45) is 4.99 Å². The largest absolute Gasteiger partial charge is 0.617 e. The first-order valence-electron chi connectivity index (χ1n) is 11.7. The highest BCUT2D eigenvalue weighted by Gasteiger charge is 2.20. The summed E-state index contributed by atoms with van der Waals surface area (Å²) in [5.41, 5.74) is 10.3. The molecule has 0 spiro atoms. The van der Waals surface area contributed by atoms with Crippen LogP contribution in [0.15, 0.2) is 82.4 Å². The SMILES string of the molecule is C/C=C(/C)C(=C(C)C)c1cccc(CCc2ccc(C(C[S+](C)[O-])C(/C=N\C)=C/C)cc2)c1. The third-order valence-corrected chi connectivity index (χ3v) is 6.85. The first kappa shape index (κ1) is 26.9. The summed E-state index contributed by atoms with van der Waals surface area (Å²) < 4.78 is 12.0. The van der Waals surface area contributed by atoms with Crippen molar-refractivity contribution in [2.45, 2.75) is 53.4 Å². The fourth-order valence-corrected chi connectivity index (χ4v) is 5.13. The molecule has 0 aliphatic rings. The van der Waals surface area contributed by atoms with Gasteiger partial charge in [0, 0.05) is 13.3 Å². The van der Waals surface area contributed by atoms with E-state index in [1.165, 1.54) is 39.0 Å². The van der Waals surface area contributed by atoms with Gasteiger partial charge in [0.1, 0.15) is 5.75 Å². The Hall–Kier alpha value is -2.36. The molecule has 2 rings (SSSR count). The monoisotopic (exact) mass is 461 g/mol. The lowest BCUT2D eigenvalue weighted by molar-refractivity contribution is 0.597. The highest BCUT2D eigenvalue weighted by Crippen LogP contribution is 2.28. The van der Waals surface area contributed by atoms with Gasteiger partial charge in [-0.3, -0.25) is 4.99 Å². The maximum absolute atomic E-state index is 12.0. The van der Waals surface area contributed by atoms with Crippen LogP contribution in [-0.2, 0) is 24.0 Å². The normalized spacial score (nSPS) is 14.4. The van der Waals surface area contributed by atoms with Gasteiger partial charge in [0.05, 0.1) is 12.2 Å². The predicted octanol–water partition coefficient (Wildman–Crippen LogP) is 7.34. The first-order valence-corrected chi connectivity index (χ1v) is 13.4. The zero-order valence-corrected chi connectivity index (χ0v) is 22.1. The molecule has 0 N–H and O–H groups in total. The lowest BCUT2D eigenvalue weighted by Gasteiger charge is -2.19. The molecule has 0 heterocycles. The molecule has 2 unspecified atom stereocenters. The van der Waals surface area contributed by atoms with Crippen LogP contribution in [0.5, 0.6) is 0 Å². The van der Waals surface area contributed by atoms with E-state index in [0.717, 1.165) is 18.4 Å². The lowest BCUT2D eigenvalue weighted by atomic mass is 9.91. The molecule has 0 amide bonds. The van der Waals surface area contributed by atoms with E-state index < -0.39 is 11.2 Å². The van der Waals surface area contributed by atoms with Crippen LogP contribution in [0.3, 0.4) is 0 Å². The number of aryl methyl sites for hydroxylation is 2. The molecule has 0 saturated carbocycles. The van der Waals surface area contributed by atoms with Crippen molar-refractivity contribution in [3.05, 3.63) is 99.7 Å². The molecule has 0 aliphatic heterocycles. The minimum atomic E-state index is -0.880. The predicted molar refractivity (Wildman–Crippen MR) is 148 cm³/mol. The fourth-order valence-electron chi connectivity index (χ4n) is 4.28. The molecule has 0 saturated heterocycles. The molecular weight excluding hydrogens is 422 g/mol. The first-order chi connectivity index (χ1) is 15.8. The van der Waals surface area contributed by atoms with E-state index in [1.54, 1.807) is 13.3 Å². The molecule has 0 bridgehead atoms. The summed E-state index contributed by atoms with van der Waals surface area (Å²) in [6.45, 7) is 10.7. The number of aliphatic imine (C=N–C) groups is 1. The van der Waals surface area contributed by atoms with Gasteiger partial charge in [0.15, 0.2) is 0 Å². The molecule has 176 valence electrons. The average molecular weight is 462 g/mol. The van der Waals surface area contributed by atoms with Crippen LogP contribution >= 0.6 is 0 Å². The summed E-state index contributed by atoms with van der Waals surface area (Å²) in [4.78, 5) is 4.19. The molecule has 2 aromatic carbocycles. The van der Waals surface area contributed by atoms with E-state index in [9.17, 15) is 4.55 Å². The number of nitrogens with zero attached hydrogens (tertiary/aromatic N) is 1. The number of hydrogen-bond acceptors (Lipinski definition) is 2. The van der Waals surface area contributed by atoms with E-state index in [4.69, 9.17) is 0 Å². The number of hydrogen-bond donors (Lipinski definition) is 0. The van der Waals surface area contributed by atoms with E-state index in [1.807, 2.05) is 13.1 Å². The van der Waals surface area contributed by atoms with Crippen LogP contribution in [0.1, 0.15) is 62.8 Å². The second-order valence-electron chi connectivity index (χ2n) is 8.76. The van der Waals surface area contributed by atoms with E-state index in [-0.39, 0.29) is 5.92 Å². The highest BCUT2D eigenvalue weighted by atomic mass is 32.2.